The second-order valence-corrected chi connectivity index (χ2v) is 2.27. The van der Waals surface area contributed by atoms with Gasteiger partial charge in [0.25, 0.3) is 0 Å². The van der Waals surface area contributed by atoms with Gasteiger partial charge in [-0.1, -0.05) is 0 Å². The van der Waals surface area contributed by atoms with E-state index in [1.54, 1.807) is 0 Å². The quantitative estimate of drug-likeness (QED) is 0.612. The van der Waals surface area contributed by atoms with Gasteiger partial charge < -0.3 is 10.2 Å². The summed E-state index contributed by atoms with van der Waals surface area (Å²) < 4.78 is 0. The van der Waals surface area contributed by atoms with E-state index < -0.39 is 10.8 Å². The predicted octanol–water partition coefficient (Wildman–Crippen LogP) is 0.873. The molecule has 0 aliphatic carbocycles. The van der Waals surface area contributed by atoms with Crippen LogP contribution in [0.15, 0.2) is 0 Å². The Kier molecular flexibility index (Phi) is 10.5. The molecule has 9 heavy (non-hydrogen) atoms. The van der Waals surface area contributed by atoms with Crippen molar-refractivity contribution in [2.45, 2.75) is 11.3 Å². The molecule has 0 spiro atoms. The second kappa shape index (κ2) is 8.01. The van der Waals surface area contributed by atoms with Gasteiger partial charge in [-0.05, 0) is 0 Å². The van der Waals surface area contributed by atoms with Crippen LogP contribution in [0.5, 0.6) is 0 Å². The first-order chi connectivity index (χ1) is 4.13. The molecular weight excluding hydrogens is 167 g/mol. The summed E-state index contributed by atoms with van der Waals surface area (Å²) in [6.07, 6.45) is -0.191. The van der Waals surface area contributed by atoms with E-state index in [0.29, 0.717) is 0 Å². The fourth-order valence-electron chi connectivity index (χ4n) is 0.132. The van der Waals surface area contributed by atoms with Gasteiger partial charge in [0.15, 0.2) is 0 Å². The van der Waals surface area contributed by atoms with Crippen LogP contribution in [0.3, 0.4) is 0 Å². The first kappa shape index (κ1) is 11.8. The van der Waals surface area contributed by atoms with E-state index in [1.807, 2.05) is 0 Å². The molecule has 0 saturated carbocycles. The Morgan fingerprint density at radius 1 is 1.56 bits per heavy atom. The standard InChI is InChI=1S/C3H4Cl2O2.CH4O/c4-2(5)1-3(6)7;1-2/h2H,1H2,(H,6,7);2H,1H3. The highest BCUT2D eigenvalue weighted by Crippen LogP contribution is 2.05. The van der Waals surface area contributed by atoms with Crippen molar-refractivity contribution < 1.29 is 15.0 Å². The SMILES string of the molecule is CO.O=C(O)CC(Cl)Cl. The van der Waals surface area contributed by atoms with E-state index in [2.05, 4.69) is 0 Å². The number of carboxylic acid groups (broad SMARTS) is 1. The minimum Gasteiger partial charge on any atom is -0.481 e. The van der Waals surface area contributed by atoms with Crippen LogP contribution in [0, 0.1) is 0 Å². The van der Waals surface area contributed by atoms with E-state index in [1.165, 1.54) is 0 Å². The van der Waals surface area contributed by atoms with Crippen LogP contribution in [0.25, 0.3) is 0 Å². The number of carbonyl (C=O) groups is 1. The number of hydrogen-bond donors (Lipinski definition) is 2. The topological polar surface area (TPSA) is 57.5 Å². The van der Waals surface area contributed by atoms with Crippen LogP contribution < -0.4 is 0 Å². The Hall–Kier alpha value is 0.01000. The van der Waals surface area contributed by atoms with E-state index in [4.69, 9.17) is 33.4 Å². The van der Waals surface area contributed by atoms with Gasteiger partial charge in [0.2, 0.25) is 0 Å². The zero-order valence-corrected chi connectivity index (χ0v) is 6.35. The molecule has 0 amide bonds. The zero-order chi connectivity index (χ0) is 7.86. The van der Waals surface area contributed by atoms with Gasteiger partial charge in [-0.15, -0.1) is 23.2 Å². The number of alkyl halides is 2. The summed E-state index contributed by atoms with van der Waals surface area (Å²) in [6.45, 7) is 0. The van der Waals surface area contributed by atoms with Crippen LogP contribution in [-0.2, 0) is 4.79 Å². The molecule has 0 saturated heterocycles. The maximum atomic E-state index is 9.64. The minimum absolute atomic E-state index is 0.191. The minimum atomic E-state index is -0.977. The molecule has 0 aromatic rings. The van der Waals surface area contributed by atoms with Crippen molar-refractivity contribution in [3.63, 3.8) is 0 Å². The molecular formula is C4H8Cl2O3. The van der Waals surface area contributed by atoms with Gasteiger partial charge in [-0.25, -0.2) is 0 Å². The van der Waals surface area contributed by atoms with Gasteiger partial charge in [0.1, 0.15) is 4.84 Å². The maximum Gasteiger partial charge on any atom is 0.306 e. The number of hydrogen-bond acceptors (Lipinski definition) is 2. The van der Waals surface area contributed by atoms with Crippen molar-refractivity contribution >= 4 is 29.2 Å². The molecule has 0 unspecified atom stereocenters. The van der Waals surface area contributed by atoms with Crippen molar-refractivity contribution in [1.29, 1.82) is 0 Å². The third-order valence-electron chi connectivity index (χ3n) is 0.329. The van der Waals surface area contributed by atoms with Crippen LogP contribution >= 0.6 is 23.2 Å². The highest BCUT2D eigenvalue weighted by atomic mass is 35.5. The molecule has 0 rings (SSSR count). The summed E-state index contributed by atoms with van der Waals surface area (Å²) in [5.74, 6) is -0.977. The smallest absolute Gasteiger partial charge is 0.306 e. The number of carboxylic acids is 1. The first-order valence-corrected chi connectivity index (χ1v) is 2.95. The normalized spacial score (nSPS) is 8.11. The molecule has 2 N–H and O–H groups in total. The van der Waals surface area contributed by atoms with Gasteiger partial charge in [0, 0.05) is 7.11 Å². The molecule has 0 heterocycles. The summed E-state index contributed by atoms with van der Waals surface area (Å²) >= 11 is 10.1. The van der Waals surface area contributed by atoms with E-state index in [9.17, 15) is 4.79 Å². The molecule has 0 aromatic carbocycles. The largest absolute Gasteiger partial charge is 0.481 e. The Labute approximate surface area is 63.2 Å². The van der Waals surface area contributed by atoms with Gasteiger partial charge in [-0.2, -0.15) is 0 Å². The lowest BCUT2D eigenvalue weighted by molar-refractivity contribution is -0.136. The lowest BCUT2D eigenvalue weighted by Crippen LogP contribution is -1.99. The molecule has 0 fully saturated rings. The van der Waals surface area contributed by atoms with Crippen molar-refractivity contribution in [3.05, 3.63) is 0 Å². The number of aliphatic hydroxyl groups excluding tert-OH is 1. The van der Waals surface area contributed by atoms with Crippen LogP contribution in [0.1, 0.15) is 6.42 Å². The van der Waals surface area contributed by atoms with E-state index in [0.717, 1.165) is 7.11 Å². The lowest BCUT2D eigenvalue weighted by Gasteiger charge is -1.89. The van der Waals surface area contributed by atoms with Crippen LogP contribution in [0.2, 0.25) is 0 Å². The van der Waals surface area contributed by atoms with Gasteiger partial charge >= 0.3 is 5.97 Å². The van der Waals surface area contributed by atoms with E-state index >= 15 is 0 Å². The molecule has 5 heteroatoms. The summed E-state index contributed by atoms with van der Waals surface area (Å²) in [6, 6.07) is 0. The summed E-state index contributed by atoms with van der Waals surface area (Å²) in [5, 5.41) is 14.9. The average molecular weight is 175 g/mol. The van der Waals surface area contributed by atoms with Crippen LogP contribution in [0.4, 0.5) is 0 Å². The number of rotatable bonds is 2. The summed E-state index contributed by atoms with van der Waals surface area (Å²) in [7, 11) is 1.00. The van der Waals surface area contributed by atoms with Crippen molar-refractivity contribution in [3.8, 4) is 0 Å². The monoisotopic (exact) mass is 174 g/mol. The molecule has 0 aliphatic heterocycles. The molecule has 3 nitrogen and oxygen atoms in total. The average Bonchev–Trinajstić information content (AvgIpc) is 1.68. The second-order valence-electron chi connectivity index (χ2n) is 0.989. The highest BCUT2D eigenvalue weighted by Gasteiger charge is 2.03. The third-order valence-corrected chi connectivity index (χ3v) is 0.638. The Morgan fingerprint density at radius 3 is 1.89 bits per heavy atom. The fourth-order valence-corrected chi connectivity index (χ4v) is 0.396. The number of aliphatic carboxylic acids is 1. The third kappa shape index (κ3) is 18.0. The van der Waals surface area contributed by atoms with Crippen LogP contribution in [-0.4, -0.2) is 28.1 Å². The molecule has 0 bridgehead atoms. The number of aliphatic hydroxyl groups is 1. The Bertz CT molecular complexity index is 74.2. The van der Waals surface area contributed by atoms with Crippen molar-refractivity contribution in [1.82, 2.24) is 0 Å². The molecule has 0 aromatic heterocycles. The lowest BCUT2D eigenvalue weighted by atomic mass is 10.5. The zero-order valence-electron chi connectivity index (χ0n) is 4.84. The highest BCUT2D eigenvalue weighted by molar-refractivity contribution is 6.44. The fraction of sp³-hybridized carbons (Fsp3) is 0.750. The Morgan fingerprint density at radius 2 is 1.89 bits per heavy atom. The molecule has 0 radical (unpaired) electrons. The van der Waals surface area contributed by atoms with Gasteiger partial charge in [0.05, 0.1) is 6.42 Å². The number of halogens is 2. The molecule has 0 atom stereocenters. The molecule has 0 aliphatic rings. The first-order valence-electron chi connectivity index (χ1n) is 2.07. The Balaban J connectivity index is 0. The van der Waals surface area contributed by atoms with Gasteiger partial charge in [-0.3, -0.25) is 4.79 Å². The van der Waals surface area contributed by atoms with E-state index in [-0.39, 0.29) is 6.42 Å². The molecule has 56 valence electrons. The summed E-state index contributed by atoms with van der Waals surface area (Å²) in [5.41, 5.74) is 0. The maximum absolute atomic E-state index is 9.64. The van der Waals surface area contributed by atoms with Crippen molar-refractivity contribution in [2.75, 3.05) is 7.11 Å². The van der Waals surface area contributed by atoms with Crippen molar-refractivity contribution in [2.24, 2.45) is 0 Å². The predicted molar refractivity (Wildman–Crippen MR) is 35.9 cm³/mol. The summed E-state index contributed by atoms with van der Waals surface area (Å²) in [4.78, 5) is 8.86.